The van der Waals surface area contributed by atoms with Gasteiger partial charge in [-0.25, -0.2) is 26.7 Å². The Morgan fingerprint density at radius 1 is 1.16 bits per heavy atom. The van der Waals surface area contributed by atoms with Gasteiger partial charge in [0, 0.05) is 5.02 Å². The van der Waals surface area contributed by atoms with Crippen LogP contribution in [-0.4, -0.2) is 42.8 Å². The van der Waals surface area contributed by atoms with Crippen LogP contribution in [-0.2, 0) is 33.1 Å². The molecule has 0 unspecified atom stereocenters. The molecule has 164 valence electrons. The predicted octanol–water partition coefficient (Wildman–Crippen LogP) is 1.85. The summed E-state index contributed by atoms with van der Waals surface area (Å²) in [5.41, 5.74) is 1.52. The minimum atomic E-state index is -4.20. The Labute approximate surface area is 188 Å². The molecule has 1 aliphatic rings. The molecule has 0 bridgehead atoms. The van der Waals surface area contributed by atoms with Crippen molar-refractivity contribution < 1.29 is 16.8 Å². The molecule has 1 aromatic heterocycles. The van der Waals surface area contributed by atoms with E-state index in [9.17, 15) is 16.8 Å². The SMILES string of the molecule is NS(=O)(=O)c1cc2c(cc1Cl)NCN(Cc1cn(Cc3cccc(Cl)c3)nn1)S2(=O)=O. The average molecular weight is 503 g/mol. The lowest BCUT2D eigenvalue weighted by Crippen LogP contribution is -2.39. The highest BCUT2D eigenvalue weighted by atomic mass is 35.5. The van der Waals surface area contributed by atoms with Gasteiger partial charge in [0.05, 0.1) is 42.4 Å². The fourth-order valence-electron chi connectivity index (χ4n) is 3.13. The summed E-state index contributed by atoms with van der Waals surface area (Å²) in [5, 5.41) is 16.5. The maximum absolute atomic E-state index is 13.1. The van der Waals surface area contributed by atoms with E-state index in [4.69, 9.17) is 28.3 Å². The summed E-state index contributed by atoms with van der Waals surface area (Å²) in [7, 11) is -8.24. The first-order valence-electron chi connectivity index (χ1n) is 8.78. The van der Waals surface area contributed by atoms with Gasteiger partial charge in [0.1, 0.15) is 9.79 Å². The zero-order valence-corrected chi connectivity index (χ0v) is 18.9. The number of benzene rings is 2. The number of nitrogens with one attached hydrogen (secondary N) is 1. The van der Waals surface area contributed by atoms with Crippen molar-refractivity contribution in [2.24, 2.45) is 5.14 Å². The highest BCUT2D eigenvalue weighted by molar-refractivity contribution is 7.90. The van der Waals surface area contributed by atoms with Crippen LogP contribution in [0.2, 0.25) is 10.0 Å². The monoisotopic (exact) mass is 502 g/mol. The highest BCUT2D eigenvalue weighted by Gasteiger charge is 2.34. The Bertz CT molecular complexity index is 1380. The Kier molecular flexibility index (Phi) is 5.70. The lowest BCUT2D eigenvalue weighted by molar-refractivity contribution is 0.416. The quantitative estimate of drug-likeness (QED) is 0.542. The second-order valence-electron chi connectivity index (χ2n) is 6.81. The summed E-state index contributed by atoms with van der Waals surface area (Å²) in [6.45, 7) is 0.288. The van der Waals surface area contributed by atoms with Gasteiger partial charge in [0.2, 0.25) is 20.0 Å². The average Bonchev–Trinajstić information content (AvgIpc) is 3.10. The minimum absolute atomic E-state index is 0.0540. The van der Waals surface area contributed by atoms with E-state index in [1.165, 1.54) is 6.07 Å². The summed E-state index contributed by atoms with van der Waals surface area (Å²) in [6, 6.07) is 9.45. The number of aromatic nitrogens is 3. The van der Waals surface area contributed by atoms with Crippen LogP contribution in [0.1, 0.15) is 11.3 Å². The second kappa shape index (κ2) is 8.04. The maximum atomic E-state index is 13.1. The normalized spacial score (nSPS) is 16.0. The fraction of sp³-hybridized carbons (Fsp3) is 0.176. The Balaban J connectivity index is 1.58. The number of halogens is 2. The molecule has 2 aromatic carbocycles. The van der Waals surface area contributed by atoms with Gasteiger partial charge >= 0.3 is 0 Å². The van der Waals surface area contributed by atoms with Crippen molar-refractivity contribution >= 4 is 48.9 Å². The molecule has 0 atom stereocenters. The first-order valence-corrected chi connectivity index (χ1v) is 12.5. The lowest BCUT2D eigenvalue weighted by Gasteiger charge is -2.29. The van der Waals surface area contributed by atoms with E-state index in [0.29, 0.717) is 17.3 Å². The van der Waals surface area contributed by atoms with E-state index in [0.717, 1.165) is 15.9 Å². The molecule has 3 N–H and O–H groups in total. The van der Waals surface area contributed by atoms with Gasteiger partial charge in [-0.2, -0.15) is 4.31 Å². The Morgan fingerprint density at radius 2 is 1.94 bits per heavy atom. The molecule has 0 saturated heterocycles. The lowest BCUT2D eigenvalue weighted by atomic mass is 10.2. The number of nitrogens with two attached hydrogens (primary N) is 1. The molecule has 31 heavy (non-hydrogen) atoms. The van der Waals surface area contributed by atoms with Gasteiger partial charge in [-0.3, -0.25) is 0 Å². The van der Waals surface area contributed by atoms with Crippen LogP contribution in [0.25, 0.3) is 0 Å². The number of sulfonamides is 2. The molecule has 0 amide bonds. The third-order valence-electron chi connectivity index (χ3n) is 4.56. The van der Waals surface area contributed by atoms with Crippen LogP contribution >= 0.6 is 23.2 Å². The van der Waals surface area contributed by atoms with Crippen molar-refractivity contribution in [3.63, 3.8) is 0 Å². The number of primary sulfonamides is 1. The van der Waals surface area contributed by atoms with Gasteiger partial charge in [0.15, 0.2) is 0 Å². The zero-order chi connectivity index (χ0) is 22.4. The third kappa shape index (κ3) is 4.54. The first kappa shape index (κ1) is 22.0. The summed E-state index contributed by atoms with van der Waals surface area (Å²) in [5.74, 6) is 0. The van der Waals surface area contributed by atoms with E-state index >= 15 is 0 Å². The van der Waals surface area contributed by atoms with Crippen LogP contribution in [0.3, 0.4) is 0 Å². The van der Waals surface area contributed by atoms with E-state index < -0.39 is 24.9 Å². The summed E-state index contributed by atoms with van der Waals surface area (Å²) in [4.78, 5) is -0.703. The van der Waals surface area contributed by atoms with Crippen LogP contribution in [0.15, 0.2) is 52.4 Å². The number of rotatable bonds is 5. The van der Waals surface area contributed by atoms with Crippen molar-refractivity contribution in [1.29, 1.82) is 0 Å². The largest absolute Gasteiger partial charge is 0.370 e. The number of fused-ring (bicyclic) bond motifs is 1. The molecule has 0 fully saturated rings. The number of hydrogen-bond acceptors (Lipinski definition) is 7. The molecular formula is C17H16Cl2N6O4S2. The van der Waals surface area contributed by atoms with E-state index in [1.807, 2.05) is 12.1 Å². The topological polar surface area (TPSA) is 140 Å². The summed E-state index contributed by atoms with van der Waals surface area (Å²) in [6.07, 6.45) is 1.63. The summed E-state index contributed by atoms with van der Waals surface area (Å²) >= 11 is 11.9. The molecule has 14 heteroatoms. The molecule has 2 heterocycles. The van der Waals surface area contributed by atoms with Gasteiger partial charge < -0.3 is 5.32 Å². The molecule has 4 rings (SSSR count). The van der Waals surface area contributed by atoms with Crippen molar-refractivity contribution in [3.05, 3.63) is 63.9 Å². The molecular weight excluding hydrogens is 487 g/mol. The first-order chi connectivity index (χ1) is 14.5. The molecule has 10 nitrogen and oxygen atoms in total. The van der Waals surface area contributed by atoms with E-state index in [2.05, 4.69) is 15.6 Å². The van der Waals surface area contributed by atoms with Gasteiger partial charge in [-0.1, -0.05) is 40.5 Å². The molecule has 0 saturated carbocycles. The standard InChI is InChI=1S/C17H16Cl2N6O4S2/c18-12-3-1-2-11(4-12)7-24-8-13(22-23-24)9-25-10-21-15-5-14(19)16(30(20,26)27)6-17(15)31(25,28)29/h1-6,8,21H,7,9-10H2,(H2,20,26,27). The Hall–Kier alpha value is -2.22. The van der Waals surface area contributed by atoms with Gasteiger partial charge in [-0.05, 0) is 29.8 Å². The zero-order valence-electron chi connectivity index (χ0n) is 15.7. The van der Waals surface area contributed by atoms with Crippen molar-refractivity contribution in [2.45, 2.75) is 22.9 Å². The van der Waals surface area contributed by atoms with Crippen LogP contribution in [0.4, 0.5) is 5.69 Å². The highest BCUT2D eigenvalue weighted by Crippen LogP contribution is 2.35. The number of anilines is 1. The molecule has 0 aliphatic carbocycles. The number of nitrogens with zero attached hydrogens (tertiary/aromatic N) is 4. The molecule has 3 aromatic rings. The van der Waals surface area contributed by atoms with Crippen molar-refractivity contribution in [2.75, 3.05) is 12.0 Å². The molecule has 1 aliphatic heterocycles. The van der Waals surface area contributed by atoms with E-state index in [-0.39, 0.29) is 28.8 Å². The fourth-order valence-corrected chi connectivity index (χ4v) is 6.01. The van der Waals surface area contributed by atoms with Crippen LogP contribution in [0.5, 0.6) is 0 Å². The Morgan fingerprint density at radius 3 is 2.65 bits per heavy atom. The second-order valence-corrected chi connectivity index (χ2v) is 11.1. The van der Waals surface area contributed by atoms with Gasteiger partial charge in [-0.15, -0.1) is 5.10 Å². The van der Waals surface area contributed by atoms with E-state index in [1.54, 1.807) is 23.0 Å². The maximum Gasteiger partial charge on any atom is 0.247 e. The van der Waals surface area contributed by atoms with Crippen LogP contribution in [0, 0.1) is 0 Å². The van der Waals surface area contributed by atoms with Crippen LogP contribution < -0.4 is 10.5 Å². The van der Waals surface area contributed by atoms with Crippen molar-refractivity contribution in [1.82, 2.24) is 19.3 Å². The third-order valence-corrected chi connectivity index (χ3v) is 8.00. The van der Waals surface area contributed by atoms with Gasteiger partial charge in [0.25, 0.3) is 0 Å². The smallest absolute Gasteiger partial charge is 0.247 e. The summed E-state index contributed by atoms with van der Waals surface area (Å²) < 4.78 is 52.3. The van der Waals surface area contributed by atoms with Crippen molar-refractivity contribution in [3.8, 4) is 0 Å². The predicted molar refractivity (Wildman–Crippen MR) is 115 cm³/mol. The molecule has 0 spiro atoms. The minimum Gasteiger partial charge on any atom is -0.370 e. The number of hydrogen-bond donors (Lipinski definition) is 2. The molecule has 0 radical (unpaired) electrons.